The van der Waals surface area contributed by atoms with Gasteiger partial charge in [0.15, 0.2) is 5.65 Å². The molecule has 210 valence electrons. The van der Waals surface area contributed by atoms with E-state index in [2.05, 4.69) is 35.3 Å². The molecule has 10 heteroatoms. The lowest BCUT2D eigenvalue weighted by molar-refractivity contribution is -0.128. The second-order valence-corrected chi connectivity index (χ2v) is 11.5. The molecule has 1 saturated heterocycles. The zero-order chi connectivity index (χ0) is 28.0. The third-order valence-electron chi connectivity index (χ3n) is 7.24. The number of rotatable bonds is 5. The van der Waals surface area contributed by atoms with E-state index in [0.29, 0.717) is 46.3 Å². The Bertz CT molecular complexity index is 1630. The number of fused-ring (bicyclic) bond motifs is 1. The van der Waals surface area contributed by atoms with Gasteiger partial charge in [-0.2, -0.15) is 16.3 Å². The zero-order valence-electron chi connectivity index (χ0n) is 22.7. The molecule has 0 aliphatic carbocycles. The molecule has 0 aromatic carbocycles. The maximum absolute atomic E-state index is 14.0. The lowest BCUT2D eigenvalue weighted by atomic mass is 10.0. The van der Waals surface area contributed by atoms with Crippen molar-refractivity contribution in [2.45, 2.75) is 60.0 Å². The number of hydrogen-bond acceptors (Lipinski definition) is 7. The van der Waals surface area contributed by atoms with E-state index in [-0.39, 0.29) is 31.3 Å². The smallest absolute Gasteiger partial charge is 0.349 e. The van der Waals surface area contributed by atoms with Crippen molar-refractivity contribution in [3.8, 4) is 16.9 Å². The fraction of sp³-hybridized carbons (Fsp3) is 0.367. The molecule has 4 aromatic heterocycles. The first-order valence-electron chi connectivity index (χ1n) is 12.9. The number of thiophene rings is 1. The molecular formula is C30H35ClN6O2S. The Hall–Kier alpha value is -3.56. The van der Waals surface area contributed by atoms with E-state index >= 15 is 0 Å². The number of pyridine rings is 2. The average molecular weight is 579 g/mol. The predicted octanol–water partition coefficient (Wildman–Crippen LogP) is 6.24. The third-order valence-corrected chi connectivity index (χ3v) is 8.21. The number of nitrogens with zero attached hydrogens (tertiary/aromatic N) is 6. The van der Waals surface area contributed by atoms with Crippen LogP contribution in [-0.2, 0) is 4.79 Å². The van der Waals surface area contributed by atoms with Crippen molar-refractivity contribution in [3.63, 3.8) is 0 Å². The summed E-state index contributed by atoms with van der Waals surface area (Å²) in [6, 6.07) is 5.51. The Balaban J connectivity index is 0.00000370. The van der Waals surface area contributed by atoms with Gasteiger partial charge in [-0.1, -0.05) is 39.5 Å². The standard InChI is InChI=1S/C29H31ClN6O2S.CH4/c1-7-23(37)34-13-19(6)35(14-18(34)5)27-21-12-22(30)25(20-9-11-39-15-20)32-28(21)36(29(38)33-27)26-17(4)8-10-31-24(26)16(2)3;/h7-12,15-16,18-19H,1,13-14H2,2-6H3;1H4/t18-,19+;/m1./s1. The number of amides is 1. The molecule has 8 nitrogen and oxygen atoms in total. The highest BCUT2D eigenvalue weighted by Crippen LogP contribution is 2.36. The van der Waals surface area contributed by atoms with Gasteiger partial charge in [-0.15, -0.1) is 0 Å². The van der Waals surface area contributed by atoms with Crippen LogP contribution in [0.15, 0.2) is 52.6 Å². The van der Waals surface area contributed by atoms with Gasteiger partial charge in [-0.05, 0) is 61.9 Å². The molecular weight excluding hydrogens is 544 g/mol. The van der Waals surface area contributed by atoms with Gasteiger partial charge in [-0.3, -0.25) is 9.78 Å². The van der Waals surface area contributed by atoms with E-state index in [1.54, 1.807) is 27.0 Å². The molecule has 2 atom stereocenters. The fourth-order valence-corrected chi connectivity index (χ4v) is 6.16. The number of anilines is 1. The summed E-state index contributed by atoms with van der Waals surface area (Å²) in [7, 11) is 0. The lowest BCUT2D eigenvalue weighted by Crippen LogP contribution is -2.58. The highest BCUT2D eigenvalue weighted by atomic mass is 35.5. The summed E-state index contributed by atoms with van der Waals surface area (Å²) in [6.07, 6.45) is 3.10. The quantitative estimate of drug-likeness (QED) is 0.261. The van der Waals surface area contributed by atoms with E-state index < -0.39 is 5.69 Å². The molecule has 0 unspecified atom stereocenters. The normalized spacial score (nSPS) is 17.3. The number of aryl methyl sites for hydroxylation is 1. The SMILES string of the molecule is C.C=CC(=O)N1C[C@H](C)N(c2nc(=O)n(-c3c(C)ccnc3C(C)C)c3nc(-c4ccsc4)c(Cl)cc23)C[C@H]1C. The number of carbonyl (C=O) groups excluding carboxylic acids is 1. The molecule has 4 aromatic rings. The second-order valence-electron chi connectivity index (χ2n) is 10.3. The van der Waals surface area contributed by atoms with Gasteiger partial charge >= 0.3 is 5.69 Å². The zero-order valence-corrected chi connectivity index (χ0v) is 24.3. The molecule has 0 N–H and O–H groups in total. The van der Waals surface area contributed by atoms with Gasteiger partial charge in [0.25, 0.3) is 0 Å². The molecule has 1 aliphatic heterocycles. The third kappa shape index (κ3) is 5.04. The van der Waals surface area contributed by atoms with Gasteiger partial charge in [0.1, 0.15) is 5.82 Å². The van der Waals surface area contributed by atoms with Crippen LogP contribution in [0.25, 0.3) is 28.0 Å². The number of carbonyl (C=O) groups is 1. The Morgan fingerprint density at radius 2 is 1.95 bits per heavy atom. The van der Waals surface area contributed by atoms with Crippen molar-refractivity contribution < 1.29 is 4.79 Å². The van der Waals surface area contributed by atoms with Crippen molar-refractivity contribution in [3.05, 3.63) is 74.6 Å². The monoisotopic (exact) mass is 578 g/mol. The molecule has 0 bridgehead atoms. The van der Waals surface area contributed by atoms with Crippen LogP contribution in [0.3, 0.4) is 0 Å². The van der Waals surface area contributed by atoms with E-state index in [4.69, 9.17) is 16.6 Å². The Kier molecular flexibility index (Phi) is 8.46. The van der Waals surface area contributed by atoms with Crippen LogP contribution in [0.2, 0.25) is 5.02 Å². The molecule has 1 aliphatic rings. The molecule has 0 spiro atoms. The minimum atomic E-state index is -0.439. The first-order chi connectivity index (χ1) is 18.6. The van der Waals surface area contributed by atoms with Crippen LogP contribution in [0, 0.1) is 6.92 Å². The van der Waals surface area contributed by atoms with Crippen molar-refractivity contribution in [1.82, 2.24) is 24.4 Å². The van der Waals surface area contributed by atoms with Crippen molar-refractivity contribution in [1.29, 1.82) is 0 Å². The Morgan fingerprint density at radius 3 is 2.60 bits per heavy atom. The number of aromatic nitrogens is 4. The number of halogens is 1. The predicted molar refractivity (Wildman–Crippen MR) is 165 cm³/mol. The van der Waals surface area contributed by atoms with E-state index in [1.165, 1.54) is 6.08 Å². The van der Waals surface area contributed by atoms with E-state index in [0.717, 1.165) is 16.8 Å². The summed E-state index contributed by atoms with van der Waals surface area (Å²) in [6.45, 7) is 14.7. The maximum Gasteiger partial charge on any atom is 0.355 e. The topological polar surface area (TPSA) is 84.2 Å². The summed E-state index contributed by atoms with van der Waals surface area (Å²) in [5, 5.41) is 5.10. The van der Waals surface area contributed by atoms with E-state index in [9.17, 15) is 9.59 Å². The summed E-state index contributed by atoms with van der Waals surface area (Å²) in [5.74, 6) is 0.470. The Morgan fingerprint density at radius 1 is 1.20 bits per heavy atom. The highest BCUT2D eigenvalue weighted by Gasteiger charge is 2.34. The van der Waals surface area contributed by atoms with Gasteiger partial charge in [0.2, 0.25) is 5.91 Å². The minimum absolute atomic E-state index is 0. The van der Waals surface area contributed by atoms with Crippen molar-refractivity contribution in [2.75, 3.05) is 18.0 Å². The summed E-state index contributed by atoms with van der Waals surface area (Å²) in [5.41, 5.74) is 3.90. The van der Waals surface area contributed by atoms with Crippen LogP contribution < -0.4 is 10.6 Å². The molecule has 1 amide bonds. The fourth-order valence-electron chi connectivity index (χ4n) is 5.26. The highest BCUT2D eigenvalue weighted by molar-refractivity contribution is 7.08. The van der Waals surface area contributed by atoms with Crippen LogP contribution in [0.1, 0.15) is 52.3 Å². The molecule has 5 heterocycles. The van der Waals surface area contributed by atoms with Crippen molar-refractivity contribution in [2.24, 2.45) is 0 Å². The maximum atomic E-state index is 14.0. The van der Waals surface area contributed by atoms with Crippen LogP contribution in [-0.4, -0.2) is 55.5 Å². The van der Waals surface area contributed by atoms with Gasteiger partial charge in [-0.25, -0.2) is 14.3 Å². The average Bonchev–Trinajstić information content (AvgIpc) is 3.44. The van der Waals surface area contributed by atoms with Crippen LogP contribution >= 0.6 is 22.9 Å². The molecule has 0 saturated carbocycles. The molecule has 5 rings (SSSR count). The minimum Gasteiger partial charge on any atom is -0.349 e. The number of hydrogen-bond donors (Lipinski definition) is 0. The van der Waals surface area contributed by atoms with E-state index in [1.807, 2.05) is 49.7 Å². The second kappa shape index (κ2) is 11.5. The lowest BCUT2D eigenvalue weighted by Gasteiger charge is -2.44. The van der Waals surface area contributed by atoms with Gasteiger partial charge in [0.05, 0.1) is 27.5 Å². The molecule has 0 radical (unpaired) electrons. The first-order valence-corrected chi connectivity index (χ1v) is 14.3. The summed E-state index contributed by atoms with van der Waals surface area (Å²) < 4.78 is 1.58. The number of piperazine rings is 1. The Labute approximate surface area is 244 Å². The largest absolute Gasteiger partial charge is 0.355 e. The van der Waals surface area contributed by atoms with Crippen molar-refractivity contribution >= 4 is 45.7 Å². The molecule has 1 fully saturated rings. The van der Waals surface area contributed by atoms with Gasteiger partial charge < -0.3 is 9.80 Å². The van der Waals surface area contributed by atoms with Gasteiger partial charge in [0, 0.05) is 42.3 Å². The first kappa shape index (κ1) is 29.4. The molecule has 40 heavy (non-hydrogen) atoms. The van der Waals surface area contributed by atoms with Crippen LogP contribution in [0.5, 0.6) is 0 Å². The summed E-state index contributed by atoms with van der Waals surface area (Å²) >= 11 is 8.39. The summed E-state index contributed by atoms with van der Waals surface area (Å²) in [4.78, 5) is 44.6. The van der Waals surface area contributed by atoms with Crippen LogP contribution in [0.4, 0.5) is 5.82 Å².